The molecule has 2 saturated heterocycles. The molecule has 3 aromatic rings. The molecular formula is C26H31BN4O5. The predicted molar refractivity (Wildman–Crippen MR) is 136 cm³/mol. The summed E-state index contributed by atoms with van der Waals surface area (Å²) in [7, 11) is 0.861. The maximum absolute atomic E-state index is 13.0. The summed E-state index contributed by atoms with van der Waals surface area (Å²) in [4.78, 5) is 34.7. The topological polar surface area (TPSA) is 106 Å². The number of ether oxygens (including phenoxy) is 1. The number of H-pyrrole nitrogens is 1. The Morgan fingerprint density at radius 3 is 2.64 bits per heavy atom. The van der Waals surface area contributed by atoms with Gasteiger partial charge >= 0.3 is 13.2 Å². The molecule has 3 heterocycles. The summed E-state index contributed by atoms with van der Waals surface area (Å²) in [6.07, 6.45) is 1.27. The number of hydrogen-bond donors (Lipinski definition) is 2. The number of likely N-dealkylation sites (tertiary alicyclic amines) is 1. The lowest BCUT2D eigenvalue weighted by molar-refractivity contribution is -0.132. The first kappa shape index (κ1) is 23.3. The molecule has 2 aliphatic heterocycles. The molecule has 3 aliphatic rings. The number of nitrogens with one attached hydrogen (secondary N) is 2. The Labute approximate surface area is 210 Å². The summed E-state index contributed by atoms with van der Waals surface area (Å²) >= 11 is 0. The van der Waals surface area contributed by atoms with Gasteiger partial charge < -0.3 is 29.2 Å². The highest BCUT2D eigenvalue weighted by Gasteiger charge is 2.55. The fraction of sp³-hybridized carbons (Fsp3) is 0.500. The zero-order valence-corrected chi connectivity index (χ0v) is 21.3. The van der Waals surface area contributed by atoms with Crippen molar-refractivity contribution < 1.29 is 23.6 Å². The Kier molecular flexibility index (Phi) is 5.14. The minimum atomic E-state index is -0.610. The largest absolute Gasteiger partial charge is 0.494 e. The number of hydrogen-bond acceptors (Lipinski definition) is 6. The molecule has 3 atom stereocenters. The van der Waals surface area contributed by atoms with E-state index >= 15 is 0 Å². The van der Waals surface area contributed by atoms with Crippen LogP contribution in [0.4, 0.5) is 4.79 Å². The monoisotopic (exact) mass is 490 g/mol. The average molecular weight is 490 g/mol. The first-order chi connectivity index (χ1) is 17.1. The molecule has 2 aromatic carbocycles. The first-order valence-electron chi connectivity index (χ1n) is 12.5. The van der Waals surface area contributed by atoms with Gasteiger partial charge in [-0.05, 0) is 63.4 Å². The fourth-order valence-corrected chi connectivity index (χ4v) is 5.49. The van der Waals surface area contributed by atoms with Crippen molar-refractivity contribution in [2.24, 2.45) is 5.92 Å². The summed E-state index contributed by atoms with van der Waals surface area (Å²) in [5, 5.41) is 4.59. The molecule has 6 rings (SSSR count). The molecule has 0 bridgehead atoms. The number of carbonyl (C=O) groups is 2. The van der Waals surface area contributed by atoms with Crippen molar-refractivity contribution in [3.63, 3.8) is 0 Å². The number of nitrogens with zero attached hydrogens (tertiary/aromatic N) is 2. The van der Waals surface area contributed by atoms with Gasteiger partial charge in [-0.1, -0.05) is 24.3 Å². The van der Waals surface area contributed by atoms with E-state index in [4.69, 9.17) is 14.3 Å². The summed E-state index contributed by atoms with van der Waals surface area (Å²) in [6, 6.07) is 10.4. The number of aromatic amines is 1. The van der Waals surface area contributed by atoms with Gasteiger partial charge in [0, 0.05) is 11.4 Å². The number of fused-ring (bicyclic) bond motifs is 4. The molecule has 2 N–H and O–H groups in total. The number of amides is 2. The molecule has 0 unspecified atom stereocenters. The third-order valence-electron chi connectivity index (χ3n) is 8.31. The van der Waals surface area contributed by atoms with Crippen LogP contribution in [0.1, 0.15) is 52.4 Å². The Morgan fingerprint density at radius 1 is 1.17 bits per heavy atom. The third-order valence-corrected chi connectivity index (χ3v) is 8.31. The van der Waals surface area contributed by atoms with E-state index in [1.807, 2.05) is 17.0 Å². The standard InChI is InChI=1S/C26H31BN4O5/c1-25(2)26(3,4)36-27(35-25)16-7-8-17-14(10-16)6-9-18-22(17)30-23(29-18)20-12-15-11-19(15)31(20)21(32)13-28-24(33)34-5/h6-10,15,19-20H,11-13H2,1-5H3,(H,28,33)(H,29,30)/t15-,19-,20+/m1/s1. The highest BCUT2D eigenvalue weighted by atomic mass is 16.7. The summed E-state index contributed by atoms with van der Waals surface area (Å²) in [5.41, 5.74) is 1.99. The SMILES string of the molecule is COC(=O)NCC(=O)N1[C@@H]2C[C@@H]2C[C@H]1c1nc2c(ccc3cc(B4OC(C)(C)C(C)(C)O4)ccc32)[nH]1. The summed E-state index contributed by atoms with van der Waals surface area (Å²) in [6.45, 7) is 8.12. The number of alkyl carbamates (subject to hydrolysis) is 1. The van der Waals surface area contributed by atoms with Crippen molar-refractivity contribution in [3.8, 4) is 0 Å². The lowest BCUT2D eigenvalue weighted by Crippen LogP contribution is -2.41. The van der Waals surface area contributed by atoms with E-state index in [-0.39, 0.29) is 24.5 Å². The van der Waals surface area contributed by atoms with Crippen LogP contribution in [0.25, 0.3) is 21.8 Å². The lowest BCUT2D eigenvalue weighted by atomic mass is 9.78. The maximum Gasteiger partial charge on any atom is 0.494 e. The number of methoxy groups -OCH3 is 1. The molecule has 2 amide bonds. The molecular weight excluding hydrogens is 459 g/mol. The predicted octanol–water partition coefficient (Wildman–Crippen LogP) is 3.03. The quantitative estimate of drug-likeness (QED) is 0.545. The van der Waals surface area contributed by atoms with E-state index in [1.165, 1.54) is 7.11 Å². The fourth-order valence-electron chi connectivity index (χ4n) is 5.49. The molecule has 1 saturated carbocycles. The van der Waals surface area contributed by atoms with Crippen molar-refractivity contribution in [1.29, 1.82) is 0 Å². The van der Waals surface area contributed by atoms with Crippen LogP contribution in [0.5, 0.6) is 0 Å². The van der Waals surface area contributed by atoms with Crippen LogP contribution in [0.3, 0.4) is 0 Å². The van der Waals surface area contributed by atoms with Gasteiger partial charge in [-0.15, -0.1) is 0 Å². The lowest BCUT2D eigenvalue weighted by Gasteiger charge is -2.32. The second kappa shape index (κ2) is 7.95. The Hall–Kier alpha value is -3.11. The Bertz CT molecular complexity index is 1370. The van der Waals surface area contributed by atoms with Crippen molar-refractivity contribution >= 4 is 46.4 Å². The zero-order valence-electron chi connectivity index (χ0n) is 21.3. The van der Waals surface area contributed by atoms with Gasteiger partial charge in [0.1, 0.15) is 12.4 Å². The molecule has 188 valence electrons. The van der Waals surface area contributed by atoms with Crippen LogP contribution in [0, 0.1) is 5.92 Å². The minimum Gasteiger partial charge on any atom is -0.453 e. The van der Waals surface area contributed by atoms with Gasteiger partial charge in [0.2, 0.25) is 5.91 Å². The van der Waals surface area contributed by atoms with Crippen molar-refractivity contribution in [3.05, 3.63) is 36.2 Å². The number of carbonyl (C=O) groups excluding carboxylic acids is 2. The normalized spacial score (nSPS) is 25.9. The van der Waals surface area contributed by atoms with Gasteiger partial charge in [0.05, 0.1) is 35.4 Å². The first-order valence-corrected chi connectivity index (χ1v) is 12.5. The zero-order chi connectivity index (χ0) is 25.4. The molecule has 10 heteroatoms. The number of imidazole rings is 1. The van der Waals surface area contributed by atoms with E-state index in [1.54, 1.807) is 0 Å². The number of rotatable bonds is 4. The average Bonchev–Trinajstić information content (AvgIpc) is 3.20. The molecule has 3 fully saturated rings. The van der Waals surface area contributed by atoms with Crippen LogP contribution >= 0.6 is 0 Å². The van der Waals surface area contributed by atoms with Crippen LogP contribution < -0.4 is 10.8 Å². The Balaban J connectivity index is 1.29. The third kappa shape index (κ3) is 3.66. The highest BCUT2D eigenvalue weighted by molar-refractivity contribution is 6.62. The van der Waals surface area contributed by atoms with Crippen LogP contribution in [-0.4, -0.2) is 64.9 Å². The second-order valence-electron chi connectivity index (χ2n) is 11.1. The summed E-state index contributed by atoms with van der Waals surface area (Å²) in [5.74, 6) is 1.16. The molecule has 36 heavy (non-hydrogen) atoms. The maximum atomic E-state index is 13.0. The van der Waals surface area contributed by atoms with E-state index < -0.39 is 24.4 Å². The Morgan fingerprint density at radius 2 is 1.92 bits per heavy atom. The van der Waals surface area contributed by atoms with Crippen LogP contribution in [0.15, 0.2) is 30.3 Å². The van der Waals surface area contributed by atoms with Gasteiger partial charge in [-0.3, -0.25) is 4.79 Å². The number of aromatic nitrogens is 2. The van der Waals surface area contributed by atoms with Gasteiger partial charge in [-0.2, -0.15) is 0 Å². The van der Waals surface area contributed by atoms with E-state index in [0.717, 1.165) is 45.9 Å². The van der Waals surface area contributed by atoms with Gasteiger partial charge in [0.15, 0.2) is 0 Å². The second-order valence-corrected chi connectivity index (χ2v) is 11.1. The van der Waals surface area contributed by atoms with Crippen molar-refractivity contribution in [1.82, 2.24) is 20.2 Å². The molecule has 1 aromatic heterocycles. The van der Waals surface area contributed by atoms with Crippen LogP contribution in [0.2, 0.25) is 0 Å². The molecule has 0 radical (unpaired) electrons. The number of piperidine rings is 1. The van der Waals surface area contributed by atoms with E-state index in [9.17, 15) is 9.59 Å². The molecule has 9 nitrogen and oxygen atoms in total. The summed E-state index contributed by atoms with van der Waals surface area (Å²) < 4.78 is 17.1. The number of benzene rings is 2. The highest BCUT2D eigenvalue weighted by Crippen LogP contribution is 2.53. The smallest absolute Gasteiger partial charge is 0.453 e. The molecule has 1 aliphatic carbocycles. The minimum absolute atomic E-state index is 0.0861. The van der Waals surface area contributed by atoms with Gasteiger partial charge in [0.25, 0.3) is 0 Å². The van der Waals surface area contributed by atoms with E-state index in [0.29, 0.717) is 5.92 Å². The van der Waals surface area contributed by atoms with Gasteiger partial charge in [-0.25, -0.2) is 9.78 Å². The van der Waals surface area contributed by atoms with Crippen molar-refractivity contribution in [2.75, 3.05) is 13.7 Å². The van der Waals surface area contributed by atoms with Crippen LogP contribution in [-0.2, 0) is 18.8 Å². The van der Waals surface area contributed by atoms with E-state index in [2.05, 4.69) is 60.9 Å². The van der Waals surface area contributed by atoms with Crippen molar-refractivity contribution in [2.45, 2.75) is 63.8 Å². The molecule has 0 spiro atoms.